The monoisotopic (exact) mass is 300 g/mol. The highest BCUT2D eigenvalue weighted by molar-refractivity contribution is 9.10. The Hall–Kier alpha value is -0.860. The molecule has 0 saturated heterocycles. The van der Waals surface area contributed by atoms with Crippen molar-refractivity contribution in [3.63, 3.8) is 0 Å². The first-order valence-electron chi connectivity index (χ1n) is 4.87. The van der Waals surface area contributed by atoms with Crippen molar-refractivity contribution in [3.8, 4) is 6.07 Å². The van der Waals surface area contributed by atoms with Crippen LogP contribution in [0.2, 0.25) is 0 Å². The maximum Gasteiger partial charge on any atom is 0.0992 e. The van der Waals surface area contributed by atoms with Crippen LogP contribution in [0.3, 0.4) is 0 Å². The zero-order chi connectivity index (χ0) is 12.0. The third kappa shape index (κ3) is 4.33. The normalized spacial score (nSPS) is 11.8. The van der Waals surface area contributed by atoms with Gasteiger partial charge in [0, 0.05) is 39.5 Å². The van der Waals surface area contributed by atoms with Crippen LogP contribution >= 0.6 is 15.9 Å². The van der Waals surface area contributed by atoms with Gasteiger partial charge in [0.1, 0.15) is 0 Å². The van der Waals surface area contributed by atoms with Crippen molar-refractivity contribution in [1.82, 2.24) is 0 Å². The van der Waals surface area contributed by atoms with Crippen LogP contribution in [-0.2, 0) is 10.8 Å². The van der Waals surface area contributed by atoms with Crippen LogP contribution < -0.4 is 5.32 Å². The van der Waals surface area contributed by atoms with E-state index in [9.17, 15) is 4.21 Å². The fraction of sp³-hybridized carbons (Fsp3) is 0.364. The summed E-state index contributed by atoms with van der Waals surface area (Å²) in [4.78, 5) is 0. The predicted octanol–water partition coefficient (Wildman–Crippen LogP) is 2.50. The van der Waals surface area contributed by atoms with Gasteiger partial charge in [-0.3, -0.25) is 4.21 Å². The Morgan fingerprint density at radius 2 is 2.31 bits per heavy atom. The van der Waals surface area contributed by atoms with Crippen molar-refractivity contribution in [2.24, 2.45) is 0 Å². The molecule has 0 radical (unpaired) electrons. The molecule has 0 amide bonds. The predicted molar refractivity (Wildman–Crippen MR) is 70.9 cm³/mol. The van der Waals surface area contributed by atoms with E-state index >= 15 is 0 Å². The minimum Gasteiger partial charge on any atom is -0.384 e. The lowest BCUT2D eigenvalue weighted by atomic mass is 10.2. The SMILES string of the molecule is CS(=O)CCCNc1ccc(C#N)cc1Br. The molecule has 0 bridgehead atoms. The molecule has 1 aromatic rings. The molecule has 1 atom stereocenters. The van der Waals surface area contributed by atoms with Gasteiger partial charge in [0.2, 0.25) is 0 Å². The van der Waals surface area contributed by atoms with Crippen LogP contribution in [0.1, 0.15) is 12.0 Å². The minimum absolute atomic E-state index is 0.632. The molecule has 0 heterocycles. The highest BCUT2D eigenvalue weighted by atomic mass is 79.9. The molecule has 1 rings (SSSR count). The summed E-state index contributed by atoms with van der Waals surface area (Å²) >= 11 is 3.40. The Kier molecular flexibility index (Phi) is 5.50. The second-order valence-corrected chi connectivity index (χ2v) is 5.77. The number of nitrogens with zero attached hydrogens (tertiary/aromatic N) is 1. The first kappa shape index (κ1) is 13.2. The Morgan fingerprint density at radius 3 is 2.88 bits per heavy atom. The van der Waals surface area contributed by atoms with Crippen molar-refractivity contribution < 1.29 is 4.21 Å². The molecule has 1 N–H and O–H groups in total. The lowest BCUT2D eigenvalue weighted by Crippen LogP contribution is -2.06. The van der Waals surface area contributed by atoms with Crippen molar-refractivity contribution in [1.29, 1.82) is 5.26 Å². The Labute approximate surface area is 106 Å². The van der Waals surface area contributed by atoms with Gasteiger partial charge in [0.25, 0.3) is 0 Å². The van der Waals surface area contributed by atoms with Gasteiger partial charge in [-0.2, -0.15) is 5.26 Å². The molecular weight excluding hydrogens is 288 g/mol. The summed E-state index contributed by atoms with van der Waals surface area (Å²) in [7, 11) is -0.729. The van der Waals surface area contributed by atoms with Gasteiger partial charge < -0.3 is 5.32 Å². The molecule has 0 fully saturated rings. The lowest BCUT2D eigenvalue weighted by molar-refractivity contribution is 0.685. The highest BCUT2D eigenvalue weighted by Gasteiger charge is 2.00. The Bertz CT molecular complexity index is 428. The van der Waals surface area contributed by atoms with Gasteiger partial charge >= 0.3 is 0 Å². The molecule has 86 valence electrons. The van der Waals surface area contributed by atoms with E-state index < -0.39 is 10.8 Å². The molecule has 0 aromatic heterocycles. The van der Waals surface area contributed by atoms with Crippen LogP contribution in [0.5, 0.6) is 0 Å². The number of hydrogen-bond donors (Lipinski definition) is 1. The quantitative estimate of drug-likeness (QED) is 0.850. The Balaban J connectivity index is 2.49. The van der Waals surface area contributed by atoms with Gasteiger partial charge in [-0.15, -0.1) is 0 Å². The molecule has 1 unspecified atom stereocenters. The van der Waals surface area contributed by atoms with Crippen LogP contribution in [0.4, 0.5) is 5.69 Å². The fourth-order valence-electron chi connectivity index (χ4n) is 1.23. The zero-order valence-corrected chi connectivity index (χ0v) is 11.4. The maximum atomic E-state index is 10.8. The number of nitriles is 1. The summed E-state index contributed by atoms with van der Waals surface area (Å²) in [6.45, 7) is 0.782. The average Bonchev–Trinajstić information content (AvgIpc) is 2.25. The molecule has 0 spiro atoms. The number of rotatable bonds is 5. The first-order valence-corrected chi connectivity index (χ1v) is 7.39. The fourth-order valence-corrected chi connectivity index (χ4v) is 2.30. The Morgan fingerprint density at radius 1 is 1.56 bits per heavy atom. The standard InChI is InChI=1S/C11H13BrN2OS/c1-16(15)6-2-5-14-11-4-3-9(8-13)7-10(11)12/h3-4,7,14H,2,5-6H2,1H3. The summed E-state index contributed by atoms with van der Waals surface area (Å²) < 4.78 is 11.7. The van der Waals surface area contributed by atoms with E-state index in [1.165, 1.54) is 0 Å². The smallest absolute Gasteiger partial charge is 0.0992 e. The maximum absolute atomic E-state index is 10.8. The minimum atomic E-state index is -0.729. The van der Waals surface area contributed by atoms with E-state index in [0.29, 0.717) is 11.3 Å². The molecule has 1 aromatic carbocycles. The van der Waals surface area contributed by atoms with E-state index in [4.69, 9.17) is 5.26 Å². The molecule has 0 aliphatic rings. The zero-order valence-electron chi connectivity index (χ0n) is 9.00. The number of halogens is 1. The van der Waals surface area contributed by atoms with Gasteiger partial charge in [0.15, 0.2) is 0 Å². The topological polar surface area (TPSA) is 52.9 Å². The van der Waals surface area contributed by atoms with Gasteiger partial charge in [-0.25, -0.2) is 0 Å². The molecular formula is C11H13BrN2OS. The second-order valence-electron chi connectivity index (χ2n) is 3.36. The van der Waals surface area contributed by atoms with Crippen molar-refractivity contribution in [2.45, 2.75) is 6.42 Å². The van der Waals surface area contributed by atoms with Crippen LogP contribution in [-0.4, -0.2) is 22.8 Å². The summed E-state index contributed by atoms with van der Waals surface area (Å²) in [5, 5.41) is 11.9. The number of benzene rings is 1. The first-order chi connectivity index (χ1) is 7.63. The molecule has 0 saturated carbocycles. The summed E-state index contributed by atoms with van der Waals surface area (Å²) in [6.07, 6.45) is 2.58. The second kappa shape index (κ2) is 6.66. The molecule has 16 heavy (non-hydrogen) atoms. The van der Waals surface area contributed by atoms with Crippen molar-refractivity contribution >= 4 is 32.4 Å². The number of anilines is 1. The highest BCUT2D eigenvalue weighted by Crippen LogP contribution is 2.23. The van der Waals surface area contributed by atoms with Crippen LogP contribution in [0.25, 0.3) is 0 Å². The van der Waals surface area contributed by atoms with Crippen LogP contribution in [0, 0.1) is 11.3 Å². The van der Waals surface area contributed by atoms with E-state index in [2.05, 4.69) is 27.3 Å². The largest absolute Gasteiger partial charge is 0.384 e. The van der Waals surface area contributed by atoms with Crippen LogP contribution in [0.15, 0.2) is 22.7 Å². The molecule has 5 heteroatoms. The van der Waals surface area contributed by atoms with Gasteiger partial charge in [0.05, 0.1) is 11.6 Å². The van der Waals surface area contributed by atoms with E-state index in [-0.39, 0.29) is 0 Å². The van der Waals surface area contributed by atoms with Gasteiger partial charge in [-0.1, -0.05) is 0 Å². The third-order valence-corrected chi connectivity index (χ3v) is 3.54. The molecule has 3 nitrogen and oxygen atoms in total. The molecule has 0 aliphatic heterocycles. The number of nitrogens with one attached hydrogen (secondary N) is 1. The van der Waals surface area contributed by atoms with E-state index in [0.717, 1.165) is 23.1 Å². The van der Waals surface area contributed by atoms with Crippen molar-refractivity contribution in [2.75, 3.05) is 23.9 Å². The summed E-state index contributed by atoms with van der Waals surface area (Å²) in [6, 6.07) is 7.49. The summed E-state index contributed by atoms with van der Waals surface area (Å²) in [5.41, 5.74) is 1.59. The van der Waals surface area contributed by atoms with Gasteiger partial charge in [-0.05, 0) is 40.5 Å². The number of hydrogen-bond acceptors (Lipinski definition) is 3. The van der Waals surface area contributed by atoms with E-state index in [1.54, 1.807) is 18.4 Å². The van der Waals surface area contributed by atoms with E-state index in [1.807, 2.05) is 6.07 Å². The third-order valence-electron chi connectivity index (χ3n) is 2.02. The molecule has 0 aliphatic carbocycles. The summed E-state index contributed by atoms with van der Waals surface area (Å²) in [5.74, 6) is 0.709. The average molecular weight is 301 g/mol. The van der Waals surface area contributed by atoms with Crippen molar-refractivity contribution in [3.05, 3.63) is 28.2 Å². The lowest BCUT2D eigenvalue weighted by Gasteiger charge is -2.07.